The molecule has 7 nitrogen and oxygen atoms in total. The number of aryl methyl sites for hydroxylation is 1. The van der Waals surface area contributed by atoms with Crippen molar-refractivity contribution in [3.63, 3.8) is 0 Å². The third kappa shape index (κ3) is 8.26. The van der Waals surface area contributed by atoms with E-state index in [1.165, 1.54) is 10.3 Å². The van der Waals surface area contributed by atoms with Crippen LogP contribution in [0.3, 0.4) is 0 Å². The summed E-state index contributed by atoms with van der Waals surface area (Å²) in [5, 5.41) is 13.8. The molecule has 6 N–H and O–H groups in total. The normalized spacial score (nSPS) is 10.9. The first-order chi connectivity index (χ1) is 16.8. The van der Waals surface area contributed by atoms with Crippen molar-refractivity contribution in [3.8, 4) is 0 Å². The Morgan fingerprint density at radius 3 is 2.49 bits per heavy atom. The van der Waals surface area contributed by atoms with E-state index in [0.29, 0.717) is 12.2 Å². The summed E-state index contributed by atoms with van der Waals surface area (Å²) in [4.78, 5) is 14.3. The number of pyridine rings is 1. The summed E-state index contributed by atoms with van der Waals surface area (Å²) in [5.41, 5.74) is 9.67. The van der Waals surface area contributed by atoms with Gasteiger partial charge >= 0.3 is 0 Å². The number of nitrogens with two attached hydrogens (primary N) is 2. The zero-order valence-corrected chi connectivity index (χ0v) is 21.9. The van der Waals surface area contributed by atoms with Crippen molar-refractivity contribution in [2.45, 2.75) is 41.0 Å². The van der Waals surface area contributed by atoms with E-state index in [1.807, 2.05) is 37.3 Å². The van der Waals surface area contributed by atoms with Gasteiger partial charge in [-0.2, -0.15) is 5.10 Å². The van der Waals surface area contributed by atoms with E-state index in [1.54, 1.807) is 11.3 Å². The van der Waals surface area contributed by atoms with Gasteiger partial charge in [-0.25, -0.2) is 4.98 Å². The van der Waals surface area contributed by atoms with Crippen LogP contribution in [-0.2, 0) is 4.79 Å². The number of rotatable bonds is 6. The number of hydrazone groups is 1. The standard InChI is InChI=1S/C19H17N5S.C4H9NO.C4H10/c1-11-3-2-4-13(9-11)22-19-15-7-8-25-17(15)14-6-5-12(18(20)24-21)10-16(14)23-19;1-2-3-5-4-6;1-4(2)3/h2-10H,21H2,1H3,(H2,20,24)(H,22,23);4H,2-3H2,1H3,(H,5,6);4H,1-3H3. The number of hydrogen-bond donors (Lipinski definition) is 4. The summed E-state index contributed by atoms with van der Waals surface area (Å²) in [5.74, 6) is 7.26. The van der Waals surface area contributed by atoms with Gasteiger partial charge in [-0.3, -0.25) is 4.79 Å². The molecule has 4 aromatic rings. The molecule has 0 bridgehead atoms. The molecule has 0 saturated carbocycles. The summed E-state index contributed by atoms with van der Waals surface area (Å²) >= 11 is 1.70. The van der Waals surface area contributed by atoms with Crippen molar-refractivity contribution in [2.24, 2.45) is 22.6 Å². The highest BCUT2D eigenvalue weighted by Gasteiger charge is 2.11. The number of hydrogen-bond acceptors (Lipinski definition) is 6. The molecule has 0 radical (unpaired) electrons. The largest absolute Gasteiger partial charge is 0.382 e. The van der Waals surface area contributed by atoms with Crippen LogP contribution in [0.4, 0.5) is 11.5 Å². The number of thiophene rings is 1. The number of nitrogens with one attached hydrogen (secondary N) is 2. The molecule has 2 heterocycles. The smallest absolute Gasteiger partial charge is 0.207 e. The van der Waals surface area contributed by atoms with Gasteiger partial charge in [-0.05, 0) is 54.5 Å². The van der Waals surface area contributed by atoms with E-state index in [-0.39, 0.29) is 0 Å². The molecule has 0 aliphatic heterocycles. The van der Waals surface area contributed by atoms with Gasteiger partial charge in [0.05, 0.1) is 5.52 Å². The minimum Gasteiger partial charge on any atom is -0.382 e. The maximum atomic E-state index is 9.45. The van der Waals surface area contributed by atoms with Gasteiger partial charge in [-0.1, -0.05) is 52.0 Å². The van der Waals surface area contributed by atoms with Crippen molar-refractivity contribution in [1.82, 2.24) is 10.3 Å². The van der Waals surface area contributed by atoms with Gasteiger partial charge in [0, 0.05) is 33.3 Å². The lowest BCUT2D eigenvalue weighted by Crippen LogP contribution is -2.15. The Morgan fingerprint density at radius 1 is 1.14 bits per heavy atom. The third-order valence-corrected chi connectivity index (χ3v) is 5.54. The quantitative estimate of drug-likeness (QED) is 0.0669. The lowest BCUT2D eigenvalue weighted by Gasteiger charge is -2.10. The molecule has 4 rings (SSSR count). The molecular formula is C27H36N6OS. The minimum atomic E-state index is 0.295. The maximum absolute atomic E-state index is 9.45. The number of amidine groups is 1. The summed E-state index contributed by atoms with van der Waals surface area (Å²) in [6.07, 6.45) is 1.72. The molecule has 8 heteroatoms. The molecule has 0 spiro atoms. The number of carbonyl (C=O) groups is 1. The lowest BCUT2D eigenvalue weighted by atomic mass is 10.1. The molecule has 186 valence electrons. The molecule has 35 heavy (non-hydrogen) atoms. The van der Waals surface area contributed by atoms with Crippen LogP contribution in [0.5, 0.6) is 0 Å². The van der Waals surface area contributed by atoms with Crippen molar-refractivity contribution in [3.05, 3.63) is 65.0 Å². The van der Waals surface area contributed by atoms with E-state index in [4.69, 9.17) is 16.6 Å². The average Bonchev–Trinajstić information content (AvgIpc) is 3.33. The van der Waals surface area contributed by atoms with Crippen LogP contribution in [0.15, 0.2) is 59.0 Å². The highest BCUT2D eigenvalue weighted by Crippen LogP contribution is 2.35. The molecule has 0 aliphatic carbocycles. The Bertz CT molecular complexity index is 1260. The van der Waals surface area contributed by atoms with Gasteiger partial charge < -0.3 is 22.2 Å². The first-order valence-corrected chi connectivity index (χ1v) is 12.5. The number of fused-ring (bicyclic) bond motifs is 3. The van der Waals surface area contributed by atoms with Crippen molar-refractivity contribution >= 4 is 56.1 Å². The van der Waals surface area contributed by atoms with Crippen LogP contribution in [0.25, 0.3) is 21.0 Å². The summed E-state index contributed by atoms with van der Waals surface area (Å²) < 4.78 is 1.19. The molecule has 2 aromatic heterocycles. The van der Waals surface area contributed by atoms with Crippen molar-refractivity contribution in [2.75, 3.05) is 11.9 Å². The van der Waals surface area contributed by atoms with E-state index >= 15 is 0 Å². The van der Waals surface area contributed by atoms with Crippen LogP contribution in [-0.4, -0.2) is 23.8 Å². The monoisotopic (exact) mass is 492 g/mol. The summed E-state index contributed by atoms with van der Waals surface area (Å²) in [7, 11) is 0. The SMILES string of the molecule is CC(C)C.CCCNC=O.Cc1cccc(Nc2nc3cc(/C(N)=N/N)ccc3c3sccc23)c1. The summed E-state index contributed by atoms with van der Waals surface area (Å²) in [6.45, 7) is 11.4. The second-order valence-corrected chi connectivity index (χ2v) is 9.58. The van der Waals surface area contributed by atoms with Crippen molar-refractivity contribution < 1.29 is 4.79 Å². The average molecular weight is 493 g/mol. The molecule has 0 fully saturated rings. The second kappa shape index (κ2) is 13.9. The van der Waals surface area contributed by atoms with Gasteiger partial charge in [0.25, 0.3) is 0 Å². The maximum Gasteiger partial charge on any atom is 0.207 e. The zero-order valence-electron chi connectivity index (χ0n) is 21.1. The van der Waals surface area contributed by atoms with Crippen LogP contribution in [0.1, 0.15) is 45.2 Å². The van der Waals surface area contributed by atoms with Gasteiger partial charge in [0.2, 0.25) is 6.41 Å². The van der Waals surface area contributed by atoms with Crippen LogP contribution < -0.4 is 22.2 Å². The molecular weight excluding hydrogens is 456 g/mol. The Labute approximate surface area is 211 Å². The fourth-order valence-corrected chi connectivity index (χ4v) is 4.02. The van der Waals surface area contributed by atoms with Gasteiger partial charge in [-0.15, -0.1) is 11.3 Å². The van der Waals surface area contributed by atoms with Gasteiger partial charge in [0.15, 0.2) is 0 Å². The third-order valence-electron chi connectivity index (χ3n) is 4.59. The molecule has 0 atom stereocenters. The topological polar surface area (TPSA) is 118 Å². The highest BCUT2D eigenvalue weighted by molar-refractivity contribution is 7.18. The molecule has 0 saturated heterocycles. The molecule has 1 amide bonds. The van der Waals surface area contributed by atoms with Gasteiger partial charge in [0.1, 0.15) is 11.7 Å². The number of nitrogens with zero attached hydrogens (tertiary/aromatic N) is 2. The van der Waals surface area contributed by atoms with Crippen LogP contribution >= 0.6 is 11.3 Å². The number of aromatic nitrogens is 1. The highest BCUT2D eigenvalue weighted by atomic mass is 32.1. The number of benzene rings is 2. The Kier molecular flexibility index (Phi) is 11.0. The molecule has 0 unspecified atom stereocenters. The number of anilines is 2. The lowest BCUT2D eigenvalue weighted by molar-refractivity contribution is -0.109. The van der Waals surface area contributed by atoms with E-state index in [2.05, 4.69) is 67.0 Å². The van der Waals surface area contributed by atoms with E-state index < -0.39 is 0 Å². The Morgan fingerprint density at radius 2 is 1.89 bits per heavy atom. The predicted octanol–water partition coefficient (Wildman–Crippen LogP) is 5.89. The fraction of sp³-hybridized carbons (Fsp3) is 0.296. The number of carbonyl (C=O) groups excluding carboxylic acids is 1. The molecule has 0 aliphatic rings. The second-order valence-electron chi connectivity index (χ2n) is 8.67. The summed E-state index contributed by atoms with van der Waals surface area (Å²) in [6, 6.07) is 16.2. The minimum absolute atomic E-state index is 0.295. The van der Waals surface area contributed by atoms with E-state index in [9.17, 15) is 4.79 Å². The predicted molar refractivity (Wildman–Crippen MR) is 151 cm³/mol. The Balaban J connectivity index is 0.000000368. The fourth-order valence-electron chi connectivity index (χ4n) is 3.09. The first-order valence-electron chi connectivity index (χ1n) is 11.7. The van der Waals surface area contributed by atoms with E-state index in [0.717, 1.165) is 52.2 Å². The van der Waals surface area contributed by atoms with Crippen LogP contribution in [0.2, 0.25) is 0 Å². The first kappa shape index (κ1) is 27.6. The Hall–Kier alpha value is -3.65. The zero-order chi connectivity index (χ0) is 25.8. The number of amides is 1. The van der Waals surface area contributed by atoms with Crippen molar-refractivity contribution in [1.29, 1.82) is 0 Å². The van der Waals surface area contributed by atoms with Crippen LogP contribution in [0, 0.1) is 12.8 Å². The molecule has 2 aromatic carbocycles.